The van der Waals surface area contributed by atoms with Crippen molar-refractivity contribution in [2.24, 2.45) is 0 Å². The molecule has 8 heteroatoms. The molecule has 1 aliphatic heterocycles. The van der Waals surface area contributed by atoms with Crippen LogP contribution in [0, 0.1) is 0 Å². The second-order valence-corrected chi connectivity index (χ2v) is 7.53. The normalized spacial score (nSPS) is 13.7. The van der Waals surface area contributed by atoms with Crippen molar-refractivity contribution in [3.63, 3.8) is 0 Å². The number of ether oxygens (including phenoxy) is 2. The predicted molar refractivity (Wildman–Crippen MR) is 97.1 cm³/mol. The summed E-state index contributed by atoms with van der Waals surface area (Å²) in [6.45, 7) is 0.287. The molecule has 26 heavy (non-hydrogen) atoms. The van der Waals surface area contributed by atoms with Crippen LogP contribution in [-0.4, -0.2) is 34.6 Å². The van der Waals surface area contributed by atoms with E-state index >= 15 is 0 Å². The van der Waals surface area contributed by atoms with Crippen LogP contribution >= 0.6 is 0 Å². The van der Waals surface area contributed by atoms with Gasteiger partial charge in [-0.2, -0.15) is 0 Å². The molecule has 0 saturated heterocycles. The lowest BCUT2D eigenvalue weighted by Crippen LogP contribution is -2.28. The third kappa shape index (κ3) is 4.14. The number of hydrogen-bond donors (Lipinski definition) is 2. The number of carbonyl (C=O) groups excluding carboxylic acids is 1. The van der Waals surface area contributed by atoms with Gasteiger partial charge in [0.05, 0.1) is 12.0 Å². The van der Waals surface area contributed by atoms with E-state index in [1.807, 2.05) is 12.1 Å². The molecule has 0 bridgehead atoms. The quantitative estimate of drug-likeness (QED) is 0.720. The standard InChI is InChI=1S/C18H20N2O5S/c1-24-16-4-2-3-5-17(16)25-11-10-19-26(22,23)14-7-8-15-13(12-14)6-9-18(21)20-15/h2-5,7-8,12,19H,6,9-11H2,1H3,(H,20,21). The van der Waals surface area contributed by atoms with E-state index in [0.29, 0.717) is 30.0 Å². The van der Waals surface area contributed by atoms with Crippen molar-refractivity contribution in [3.05, 3.63) is 48.0 Å². The molecule has 3 rings (SSSR count). The number of rotatable bonds is 7. The zero-order valence-electron chi connectivity index (χ0n) is 14.3. The summed E-state index contributed by atoms with van der Waals surface area (Å²) < 4.78 is 38.1. The number of hydrogen-bond acceptors (Lipinski definition) is 5. The molecule has 138 valence electrons. The van der Waals surface area contributed by atoms with E-state index < -0.39 is 10.0 Å². The van der Waals surface area contributed by atoms with Gasteiger partial charge in [-0.1, -0.05) is 12.1 Å². The summed E-state index contributed by atoms with van der Waals surface area (Å²) >= 11 is 0. The summed E-state index contributed by atoms with van der Waals surface area (Å²) in [7, 11) is -2.11. The Morgan fingerprint density at radius 3 is 2.65 bits per heavy atom. The molecular weight excluding hydrogens is 356 g/mol. The van der Waals surface area contributed by atoms with Crippen LogP contribution in [0.5, 0.6) is 11.5 Å². The molecule has 1 amide bonds. The smallest absolute Gasteiger partial charge is 0.240 e. The summed E-state index contributed by atoms with van der Waals surface area (Å²) in [5, 5.41) is 2.73. The van der Waals surface area contributed by atoms with Crippen molar-refractivity contribution in [1.82, 2.24) is 4.72 Å². The van der Waals surface area contributed by atoms with E-state index in [4.69, 9.17) is 9.47 Å². The van der Waals surface area contributed by atoms with E-state index in [-0.39, 0.29) is 24.0 Å². The number of nitrogens with one attached hydrogen (secondary N) is 2. The summed E-state index contributed by atoms with van der Waals surface area (Å²) in [4.78, 5) is 11.6. The Balaban J connectivity index is 1.60. The van der Waals surface area contributed by atoms with Crippen LogP contribution in [0.1, 0.15) is 12.0 Å². The third-order valence-corrected chi connectivity index (χ3v) is 5.46. The number of amides is 1. The number of sulfonamides is 1. The lowest BCUT2D eigenvalue weighted by molar-refractivity contribution is -0.116. The Labute approximate surface area is 152 Å². The monoisotopic (exact) mass is 376 g/mol. The minimum atomic E-state index is -3.65. The highest BCUT2D eigenvalue weighted by Gasteiger charge is 2.19. The largest absolute Gasteiger partial charge is 0.493 e. The summed E-state index contributed by atoms with van der Waals surface area (Å²) in [6.07, 6.45) is 0.887. The van der Waals surface area contributed by atoms with Crippen LogP contribution in [0.25, 0.3) is 0 Å². The number of anilines is 1. The third-order valence-electron chi connectivity index (χ3n) is 4.00. The first-order valence-electron chi connectivity index (χ1n) is 8.18. The fourth-order valence-corrected chi connectivity index (χ4v) is 3.75. The molecule has 0 atom stereocenters. The number of para-hydroxylation sites is 2. The maximum atomic E-state index is 12.4. The molecule has 2 N–H and O–H groups in total. The Morgan fingerprint density at radius 2 is 1.88 bits per heavy atom. The predicted octanol–water partition coefficient (Wildman–Crippen LogP) is 1.94. The van der Waals surface area contributed by atoms with Gasteiger partial charge in [0.25, 0.3) is 0 Å². The first kappa shape index (κ1) is 18.2. The van der Waals surface area contributed by atoms with E-state index in [2.05, 4.69) is 10.0 Å². The molecule has 0 spiro atoms. The van der Waals surface area contributed by atoms with Gasteiger partial charge in [0, 0.05) is 18.7 Å². The fraction of sp³-hybridized carbons (Fsp3) is 0.278. The van der Waals surface area contributed by atoms with Gasteiger partial charge in [-0.15, -0.1) is 0 Å². The minimum absolute atomic E-state index is 0.0558. The van der Waals surface area contributed by atoms with Crippen molar-refractivity contribution in [1.29, 1.82) is 0 Å². The van der Waals surface area contributed by atoms with Gasteiger partial charge in [-0.05, 0) is 42.3 Å². The SMILES string of the molecule is COc1ccccc1OCCNS(=O)(=O)c1ccc2c(c1)CCC(=O)N2. The second kappa shape index (κ2) is 7.76. The minimum Gasteiger partial charge on any atom is -0.493 e. The first-order valence-corrected chi connectivity index (χ1v) is 9.66. The summed E-state index contributed by atoms with van der Waals surface area (Å²) in [5.74, 6) is 1.09. The van der Waals surface area contributed by atoms with E-state index in [9.17, 15) is 13.2 Å². The summed E-state index contributed by atoms with van der Waals surface area (Å²) in [5.41, 5.74) is 1.48. The van der Waals surface area contributed by atoms with Gasteiger partial charge < -0.3 is 14.8 Å². The van der Waals surface area contributed by atoms with Crippen LogP contribution in [0.2, 0.25) is 0 Å². The zero-order chi connectivity index (χ0) is 18.6. The molecule has 0 unspecified atom stereocenters. The Kier molecular flexibility index (Phi) is 5.43. The van der Waals surface area contributed by atoms with Crippen LogP contribution in [-0.2, 0) is 21.2 Å². The maximum absolute atomic E-state index is 12.4. The van der Waals surface area contributed by atoms with Crippen molar-refractivity contribution in [2.45, 2.75) is 17.7 Å². The molecule has 2 aromatic carbocycles. The summed E-state index contributed by atoms with van der Waals surface area (Å²) in [6, 6.07) is 11.9. The topological polar surface area (TPSA) is 93.7 Å². The highest BCUT2D eigenvalue weighted by molar-refractivity contribution is 7.89. The number of fused-ring (bicyclic) bond motifs is 1. The second-order valence-electron chi connectivity index (χ2n) is 5.76. The van der Waals surface area contributed by atoms with Crippen molar-refractivity contribution >= 4 is 21.6 Å². The fourth-order valence-electron chi connectivity index (χ4n) is 2.69. The maximum Gasteiger partial charge on any atom is 0.240 e. The first-order chi connectivity index (χ1) is 12.5. The molecule has 7 nitrogen and oxygen atoms in total. The van der Waals surface area contributed by atoms with Crippen molar-refractivity contribution < 1.29 is 22.7 Å². The molecular formula is C18H20N2O5S. The zero-order valence-corrected chi connectivity index (χ0v) is 15.1. The van der Waals surface area contributed by atoms with E-state index in [0.717, 1.165) is 5.56 Å². The van der Waals surface area contributed by atoms with Crippen LogP contribution < -0.4 is 19.5 Å². The lowest BCUT2D eigenvalue weighted by atomic mass is 10.0. The van der Waals surface area contributed by atoms with Gasteiger partial charge in [0.2, 0.25) is 15.9 Å². The molecule has 0 saturated carbocycles. The number of carbonyl (C=O) groups is 1. The molecule has 0 aromatic heterocycles. The molecule has 2 aromatic rings. The van der Waals surface area contributed by atoms with Crippen molar-refractivity contribution in [3.8, 4) is 11.5 Å². The molecule has 0 radical (unpaired) electrons. The molecule has 0 aliphatic carbocycles. The van der Waals surface area contributed by atoms with Gasteiger partial charge >= 0.3 is 0 Å². The highest BCUT2D eigenvalue weighted by atomic mass is 32.2. The lowest BCUT2D eigenvalue weighted by Gasteiger charge is -2.17. The van der Waals surface area contributed by atoms with Gasteiger partial charge in [-0.3, -0.25) is 4.79 Å². The molecule has 1 heterocycles. The van der Waals surface area contributed by atoms with E-state index in [1.54, 1.807) is 31.4 Å². The van der Waals surface area contributed by atoms with Gasteiger partial charge in [0.15, 0.2) is 11.5 Å². The van der Waals surface area contributed by atoms with Crippen LogP contribution in [0.3, 0.4) is 0 Å². The van der Waals surface area contributed by atoms with Gasteiger partial charge in [-0.25, -0.2) is 13.1 Å². The number of methoxy groups -OCH3 is 1. The van der Waals surface area contributed by atoms with Crippen LogP contribution in [0.15, 0.2) is 47.4 Å². The molecule has 0 fully saturated rings. The Bertz CT molecular complexity index is 912. The average Bonchev–Trinajstić information content (AvgIpc) is 2.65. The Morgan fingerprint density at radius 1 is 1.12 bits per heavy atom. The number of benzene rings is 2. The van der Waals surface area contributed by atoms with Crippen molar-refractivity contribution in [2.75, 3.05) is 25.6 Å². The Hall–Kier alpha value is -2.58. The van der Waals surface area contributed by atoms with Gasteiger partial charge in [0.1, 0.15) is 6.61 Å². The average molecular weight is 376 g/mol. The highest BCUT2D eigenvalue weighted by Crippen LogP contribution is 2.26. The van der Waals surface area contributed by atoms with Crippen LogP contribution in [0.4, 0.5) is 5.69 Å². The molecule has 1 aliphatic rings. The number of aryl methyl sites for hydroxylation is 1. The van der Waals surface area contributed by atoms with E-state index in [1.165, 1.54) is 6.07 Å².